The van der Waals surface area contributed by atoms with Crippen molar-refractivity contribution in [1.82, 2.24) is 4.57 Å². The van der Waals surface area contributed by atoms with E-state index in [2.05, 4.69) is 86.0 Å². The molecule has 0 saturated carbocycles. The van der Waals surface area contributed by atoms with E-state index in [0.29, 0.717) is 0 Å². The van der Waals surface area contributed by atoms with E-state index in [-0.39, 0.29) is 6.04 Å². The molecule has 1 aromatic heterocycles. The number of para-hydroxylation sites is 1. The van der Waals surface area contributed by atoms with Crippen LogP contribution in [0.1, 0.15) is 38.4 Å². The Labute approximate surface area is 138 Å². The van der Waals surface area contributed by atoms with Gasteiger partial charge in [0, 0.05) is 22.7 Å². The van der Waals surface area contributed by atoms with Gasteiger partial charge in [0.05, 0.1) is 5.52 Å². The Morgan fingerprint density at radius 3 is 2.39 bits per heavy atom. The molecular weight excluding hydrogens is 280 g/mol. The van der Waals surface area contributed by atoms with Gasteiger partial charge in [-0.3, -0.25) is 9.56 Å². The molecule has 1 heterocycles. The summed E-state index contributed by atoms with van der Waals surface area (Å²) in [6.45, 7) is 6.49. The topological polar surface area (TPSA) is 17.3 Å². The number of rotatable bonds is 4. The Kier molecular flexibility index (Phi) is 4.61. The van der Waals surface area contributed by atoms with Crippen molar-refractivity contribution in [3.05, 3.63) is 71.9 Å². The van der Waals surface area contributed by atoms with Gasteiger partial charge in [-0.15, -0.1) is 0 Å². The SMILES string of the molecule is CCCc1cc2ccccc2n1C(=NC(C)C)c1ccccc1. The third kappa shape index (κ3) is 3.21. The molecule has 23 heavy (non-hydrogen) atoms. The fourth-order valence-corrected chi connectivity index (χ4v) is 3.00. The van der Waals surface area contributed by atoms with Crippen molar-refractivity contribution in [3.8, 4) is 0 Å². The maximum Gasteiger partial charge on any atom is 0.140 e. The van der Waals surface area contributed by atoms with Crippen LogP contribution in [0.4, 0.5) is 0 Å². The zero-order chi connectivity index (χ0) is 16.2. The molecule has 2 nitrogen and oxygen atoms in total. The predicted molar refractivity (Wildman–Crippen MR) is 99.4 cm³/mol. The summed E-state index contributed by atoms with van der Waals surface area (Å²) in [6, 6.07) is 21.6. The molecule has 0 aliphatic carbocycles. The summed E-state index contributed by atoms with van der Waals surface area (Å²) in [6.07, 6.45) is 2.18. The highest BCUT2D eigenvalue weighted by molar-refractivity contribution is 6.06. The molecule has 118 valence electrons. The van der Waals surface area contributed by atoms with E-state index < -0.39 is 0 Å². The molecule has 0 aliphatic heterocycles. The van der Waals surface area contributed by atoms with Gasteiger partial charge < -0.3 is 0 Å². The lowest BCUT2D eigenvalue weighted by molar-refractivity contribution is 0.815. The molecule has 0 aliphatic rings. The third-order valence-corrected chi connectivity index (χ3v) is 3.92. The Morgan fingerprint density at radius 1 is 1.00 bits per heavy atom. The van der Waals surface area contributed by atoms with Crippen LogP contribution in [-0.2, 0) is 6.42 Å². The van der Waals surface area contributed by atoms with Crippen molar-refractivity contribution < 1.29 is 0 Å². The molecular formula is C21H24N2. The summed E-state index contributed by atoms with van der Waals surface area (Å²) in [7, 11) is 0. The van der Waals surface area contributed by atoms with Crippen molar-refractivity contribution >= 4 is 16.7 Å². The highest BCUT2D eigenvalue weighted by Gasteiger charge is 2.15. The molecule has 3 aromatic rings. The first kappa shape index (κ1) is 15.5. The van der Waals surface area contributed by atoms with Crippen LogP contribution in [0.5, 0.6) is 0 Å². The highest BCUT2D eigenvalue weighted by Crippen LogP contribution is 2.23. The maximum atomic E-state index is 4.96. The minimum Gasteiger partial charge on any atom is -0.298 e. The Morgan fingerprint density at radius 2 is 1.70 bits per heavy atom. The van der Waals surface area contributed by atoms with Crippen LogP contribution < -0.4 is 0 Å². The molecule has 2 aromatic carbocycles. The van der Waals surface area contributed by atoms with Gasteiger partial charge in [-0.05, 0) is 32.4 Å². The third-order valence-electron chi connectivity index (χ3n) is 3.92. The minimum absolute atomic E-state index is 0.251. The van der Waals surface area contributed by atoms with Gasteiger partial charge >= 0.3 is 0 Å². The maximum absolute atomic E-state index is 4.96. The van der Waals surface area contributed by atoms with E-state index in [1.165, 1.54) is 22.2 Å². The Balaban J connectivity index is 2.27. The van der Waals surface area contributed by atoms with Crippen molar-refractivity contribution in [3.63, 3.8) is 0 Å². The van der Waals surface area contributed by atoms with Crippen molar-refractivity contribution in [2.75, 3.05) is 0 Å². The fraction of sp³-hybridized carbons (Fsp3) is 0.286. The van der Waals surface area contributed by atoms with Gasteiger partial charge in [-0.25, -0.2) is 0 Å². The highest BCUT2D eigenvalue weighted by atomic mass is 15.1. The normalized spacial score (nSPS) is 12.3. The number of aryl methyl sites for hydroxylation is 1. The van der Waals surface area contributed by atoms with E-state index in [9.17, 15) is 0 Å². The standard InChI is InChI=1S/C21H24N2/c1-4-10-19-15-18-13-8-9-14-20(18)23(19)21(22-16(2)3)17-11-6-5-7-12-17/h5-9,11-16H,4,10H2,1-3H3. The van der Waals surface area contributed by atoms with Crippen molar-refractivity contribution in [2.24, 2.45) is 4.99 Å². The Bertz CT molecular complexity index is 810. The molecule has 2 heteroatoms. The van der Waals surface area contributed by atoms with Crippen LogP contribution in [0.15, 0.2) is 65.7 Å². The first-order chi connectivity index (χ1) is 11.2. The second kappa shape index (κ2) is 6.82. The second-order valence-corrected chi connectivity index (χ2v) is 6.19. The molecule has 0 amide bonds. The van der Waals surface area contributed by atoms with Crippen LogP contribution in [0.25, 0.3) is 10.9 Å². The zero-order valence-corrected chi connectivity index (χ0v) is 14.2. The number of hydrogen-bond acceptors (Lipinski definition) is 1. The second-order valence-electron chi connectivity index (χ2n) is 6.19. The first-order valence-corrected chi connectivity index (χ1v) is 8.43. The molecule has 0 bridgehead atoms. The summed E-state index contributed by atoms with van der Waals surface area (Å²) >= 11 is 0. The lowest BCUT2D eigenvalue weighted by Crippen LogP contribution is -2.18. The molecule has 0 atom stereocenters. The van der Waals surface area contributed by atoms with Gasteiger partial charge in [-0.1, -0.05) is 61.9 Å². The number of fused-ring (bicyclic) bond motifs is 1. The van der Waals surface area contributed by atoms with Gasteiger partial charge in [0.2, 0.25) is 0 Å². The minimum atomic E-state index is 0.251. The van der Waals surface area contributed by atoms with Gasteiger partial charge in [0.15, 0.2) is 0 Å². The lowest BCUT2D eigenvalue weighted by Gasteiger charge is -2.15. The quantitative estimate of drug-likeness (QED) is 0.460. The van der Waals surface area contributed by atoms with Gasteiger partial charge in [-0.2, -0.15) is 0 Å². The number of aliphatic imine (C=N–C) groups is 1. The van der Waals surface area contributed by atoms with Crippen molar-refractivity contribution in [2.45, 2.75) is 39.7 Å². The fourth-order valence-electron chi connectivity index (χ4n) is 3.00. The molecule has 0 fully saturated rings. The van der Waals surface area contributed by atoms with E-state index >= 15 is 0 Å². The first-order valence-electron chi connectivity index (χ1n) is 8.43. The number of aromatic nitrogens is 1. The monoisotopic (exact) mass is 304 g/mol. The van der Waals surface area contributed by atoms with Crippen LogP contribution in [0, 0.1) is 0 Å². The van der Waals surface area contributed by atoms with Crippen LogP contribution >= 0.6 is 0 Å². The largest absolute Gasteiger partial charge is 0.298 e. The molecule has 0 unspecified atom stereocenters. The number of hydrogen-bond donors (Lipinski definition) is 0. The van der Waals surface area contributed by atoms with Gasteiger partial charge in [0.25, 0.3) is 0 Å². The molecule has 0 spiro atoms. The van der Waals surface area contributed by atoms with E-state index in [1.54, 1.807) is 0 Å². The molecule has 0 radical (unpaired) electrons. The van der Waals surface area contributed by atoms with Crippen LogP contribution in [0.2, 0.25) is 0 Å². The molecule has 3 rings (SSSR count). The average Bonchev–Trinajstić information content (AvgIpc) is 2.91. The van der Waals surface area contributed by atoms with Crippen LogP contribution in [-0.4, -0.2) is 16.4 Å². The number of nitrogens with zero attached hydrogens (tertiary/aromatic N) is 2. The summed E-state index contributed by atoms with van der Waals surface area (Å²) in [4.78, 5) is 4.96. The average molecular weight is 304 g/mol. The van der Waals surface area contributed by atoms with Gasteiger partial charge in [0.1, 0.15) is 5.84 Å². The number of benzene rings is 2. The Hall–Kier alpha value is -2.35. The van der Waals surface area contributed by atoms with E-state index in [4.69, 9.17) is 4.99 Å². The summed E-state index contributed by atoms with van der Waals surface area (Å²) in [5.74, 6) is 1.05. The zero-order valence-electron chi connectivity index (χ0n) is 14.2. The lowest BCUT2D eigenvalue weighted by atomic mass is 10.2. The van der Waals surface area contributed by atoms with Crippen molar-refractivity contribution in [1.29, 1.82) is 0 Å². The summed E-state index contributed by atoms with van der Waals surface area (Å²) < 4.78 is 2.34. The molecule has 0 N–H and O–H groups in total. The smallest absolute Gasteiger partial charge is 0.140 e. The summed E-state index contributed by atoms with van der Waals surface area (Å²) in [5.41, 5.74) is 3.73. The van der Waals surface area contributed by atoms with E-state index in [0.717, 1.165) is 18.7 Å². The van der Waals surface area contributed by atoms with Crippen LogP contribution in [0.3, 0.4) is 0 Å². The summed E-state index contributed by atoms with van der Waals surface area (Å²) in [5, 5.41) is 1.28. The van der Waals surface area contributed by atoms with E-state index in [1.807, 2.05) is 0 Å². The molecule has 0 saturated heterocycles. The predicted octanol–water partition coefficient (Wildman–Crippen LogP) is 5.30.